The van der Waals surface area contributed by atoms with Crippen LogP contribution < -0.4 is 5.32 Å². The van der Waals surface area contributed by atoms with Gasteiger partial charge in [0.05, 0.1) is 0 Å². The van der Waals surface area contributed by atoms with Gasteiger partial charge in [0.15, 0.2) is 0 Å². The second-order valence-corrected chi connectivity index (χ2v) is 4.04. The maximum Gasteiger partial charge on any atom is 0.411 e. The first-order valence-corrected chi connectivity index (χ1v) is 6.00. The minimum absolute atomic E-state index is 0.156. The number of halogens is 3. The van der Waals surface area contributed by atoms with Crippen molar-refractivity contribution >= 4 is 5.91 Å². The number of hydrogen-bond donors (Lipinski definition) is 2. The van der Waals surface area contributed by atoms with Crippen LogP contribution in [0.2, 0.25) is 0 Å². The van der Waals surface area contributed by atoms with E-state index in [0.717, 1.165) is 5.56 Å². The summed E-state index contributed by atoms with van der Waals surface area (Å²) >= 11 is 0. The van der Waals surface area contributed by atoms with Crippen LogP contribution in [-0.2, 0) is 16.1 Å². The molecule has 0 aromatic heterocycles. The van der Waals surface area contributed by atoms with E-state index in [1.807, 2.05) is 0 Å². The maximum atomic E-state index is 11.8. The molecule has 0 aliphatic heterocycles. The van der Waals surface area contributed by atoms with Gasteiger partial charge in [0.25, 0.3) is 0 Å². The lowest BCUT2D eigenvalue weighted by Crippen LogP contribution is -2.29. The lowest BCUT2D eigenvalue weighted by molar-refractivity contribution is -0.175. The number of amides is 1. The predicted molar refractivity (Wildman–Crippen MR) is 69.1 cm³/mol. The number of rotatable bonds is 5. The van der Waals surface area contributed by atoms with Crippen LogP contribution in [0.15, 0.2) is 24.3 Å². The van der Waals surface area contributed by atoms with E-state index in [0.29, 0.717) is 5.56 Å². The Balaban J connectivity index is 2.39. The fraction of sp³-hybridized carbons (Fsp3) is 0.357. The normalized spacial score (nSPS) is 10.7. The lowest BCUT2D eigenvalue weighted by atomic mass is 10.1. The van der Waals surface area contributed by atoms with Gasteiger partial charge in [-0.05, 0) is 17.7 Å². The highest BCUT2D eigenvalue weighted by atomic mass is 19.4. The number of benzene rings is 1. The van der Waals surface area contributed by atoms with Crippen molar-refractivity contribution in [1.29, 1.82) is 0 Å². The molecule has 0 aliphatic carbocycles. The van der Waals surface area contributed by atoms with Crippen molar-refractivity contribution in [3.05, 3.63) is 35.4 Å². The molecule has 0 atom stereocenters. The molecule has 0 spiro atoms. The summed E-state index contributed by atoms with van der Waals surface area (Å²) in [6, 6.07) is 6.91. The maximum absolute atomic E-state index is 11.8. The highest BCUT2D eigenvalue weighted by Crippen LogP contribution is 2.14. The quantitative estimate of drug-likeness (QED) is 0.804. The summed E-state index contributed by atoms with van der Waals surface area (Å²) in [6.45, 7) is -2.20. The Morgan fingerprint density at radius 2 is 2.14 bits per heavy atom. The molecule has 1 aromatic rings. The van der Waals surface area contributed by atoms with E-state index in [4.69, 9.17) is 5.11 Å². The van der Waals surface area contributed by atoms with Crippen LogP contribution in [0, 0.1) is 11.8 Å². The van der Waals surface area contributed by atoms with Gasteiger partial charge in [-0.15, -0.1) is 0 Å². The topological polar surface area (TPSA) is 58.6 Å². The molecule has 21 heavy (non-hydrogen) atoms. The summed E-state index contributed by atoms with van der Waals surface area (Å²) in [5.41, 5.74) is 1.41. The van der Waals surface area contributed by atoms with Gasteiger partial charge in [-0.25, -0.2) is 0 Å². The summed E-state index contributed by atoms with van der Waals surface area (Å²) in [7, 11) is 0. The standard InChI is InChI=1S/C14H14F3NO3/c15-14(16,17)10-21-9-13(20)18-8-12-4-1-3-11(7-12)5-2-6-19/h1,3-4,7,19H,6,8-10H2,(H,18,20). The SMILES string of the molecule is O=C(COCC(F)(F)F)NCc1cccc(C#CCO)c1. The molecule has 0 saturated carbocycles. The Kier molecular flexibility index (Phi) is 6.72. The zero-order valence-corrected chi connectivity index (χ0v) is 11.0. The Morgan fingerprint density at radius 1 is 1.38 bits per heavy atom. The minimum Gasteiger partial charge on any atom is -0.384 e. The van der Waals surface area contributed by atoms with Crippen molar-refractivity contribution in [1.82, 2.24) is 5.32 Å². The highest BCUT2D eigenvalue weighted by molar-refractivity contribution is 5.77. The molecule has 0 aliphatic rings. The fourth-order valence-electron chi connectivity index (χ4n) is 1.41. The second kappa shape index (κ2) is 8.29. The molecule has 1 rings (SSSR count). The number of hydrogen-bond acceptors (Lipinski definition) is 3. The van der Waals surface area contributed by atoms with Gasteiger partial charge in [-0.1, -0.05) is 24.0 Å². The average Bonchev–Trinajstić information content (AvgIpc) is 2.42. The molecular weight excluding hydrogens is 287 g/mol. The number of ether oxygens (including phenoxy) is 1. The smallest absolute Gasteiger partial charge is 0.384 e. The predicted octanol–water partition coefficient (Wildman–Crippen LogP) is 1.23. The summed E-state index contributed by atoms with van der Waals surface area (Å²) in [4.78, 5) is 11.3. The van der Waals surface area contributed by atoms with Gasteiger partial charge in [-0.3, -0.25) is 4.79 Å². The fourth-order valence-corrected chi connectivity index (χ4v) is 1.41. The first-order valence-electron chi connectivity index (χ1n) is 6.00. The third-order valence-electron chi connectivity index (χ3n) is 2.23. The molecule has 1 amide bonds. The Labute approximate surface area is 119 Å². The second-order valence-electron chi connectivity index (χ2n) is 4.04. The van der Waals surface area contributed by atoms with E-state index >= 15 is 0 Å². The zero-order valence-electron chi connectivity index (χ0n) is 11.0. The number of carbonyl (C=O) groups is 1. The first kappa shape index (κ1) is 17.0. The van der Waals surface area contributed by atoms with Gasteiger partial charge < -0.3 is 15.2 Å². The number of aliphatic hydroxyl groups is 1. The Morgan fingerprint density at radius 3 is 2.81 bits per heavy atom. The van der Waals surface area contributed by atoms with Gasteiger partial charge in [0.1, 0.15) is 19.8 Å². The van der Waals surface area contributed by atoms with Crippen molar-refractivity contribution in [2.45, 2.75) is 12.7 Å². The summed E-state index contributed by atoms with van der Waals surface area (Å²) < 4.78 is 39.7. The largest absolute Gasteiger partial charge is 0.411 e. The van der Waals surface area contributed by atoms with E-state index in [1.165, 1.54) is 0 Å². The molecule has 0 unspecified atom stereocenters. The third kappa shape index (κ3) is 7.97. The van der Waals surface area contributed by atoms with E-state index in [-0.39, 0.29) is 13.2 Å². The zero-order chi connectivity index (χ0) is 15.7. The number of carbonyl (C=O) groups excluding carboxylic acids is 1. The van der Waals surface area contributed by atoms with Crippen molar-refractivity contribution in [3.63, 3.8) is 0 Å². The Bertz CT molecular complexity index is 532. The van der Waals surface area contributed by atoms with Crippen LogP contribution >= 0.6 is 0 Å². The van der Waals surface area contributed by atoms with E-state index in [1.54, 1.807) is 24.3 Å². The van der Waals surface area contributed by atoms with Crippen molar-refractivity contribution in [2.75, 3.05) is 19.8 Å². The monoisotopic (exact) mass is 301 g/mol. The van der Waals surface area contributed by atoms with E-state index in [2.05, 4.69) is 21.9 Å². The number of aliphatic hydroxyl groups excluding tert-OH is 1. The number of nitrogens with one attached hydrogen (secondary N) is 1. The molecule has 0 heterocycles. The Hall–Kier alpha value is -2.04. The molecule has 1 aromatic carbocycles. The average molecular weight is 301 g/mol. The minimum atomic E-state index is -4.44. The van der Waals surface area contributed by atoms with Crippen molar-refractivity contribution in [2.24, 2.45) is 0 Å². The molecule has 0 fully saturated rings. The molecule has 2 N–H and O–H groups in total. The van der Waals surface area contributed by atoms with Gasteiger partial charge >= 0.3 is 6.18 Å². The summed E-state index contributed by atoms with van der Waals surface area (Å²) in [5.74, 6) is 4.57. The van der Waals surface area contributed by atoms with Crippen LogP contribution in [0.1, 0.15) is 11.1 Å². The van der Waals surface area contributed by atoms with Crippen LogP contribution in [0.4, 0.5) is 13.2 Å². The molecule has 0 radical (unpaired) electrons. The van der Waals surface area contributed by atoms with Crippen molar-refractivity contribution in [3.8, 4) is 11.8 Å². The molecule has 114 valence electrons. The third-order valence-corrected chi connectivity index (χ3v) is 2.23. The molecule has 0 saturated heterocycles. The van der Waals surface area contributed by atoms with Crippen molar-refractivity contribution < 1.29 is 27.8 Å². The van der Waals surface area contributed by atoms with Crippen LogP contribution in [0.5, 0.6) is 0 Å². The van der Waals surface area contributed by atoms with Gasteiger partial charge in [0.2, 0.25) is 5.91 Å². The van der Waals surface area contributed by atoms with Crippen LogP contribution in [-0.4, -0.2) is 37.0 Å². The van der Waals surface area contributed by atoms with Crippen LogP contribution in [0.3, 0.4) is 0 Å². The molecular formula is C14H14F3NO3. The molecule has 4 nitrogen and oxygen atoms in total. The lowest BCUT2D eigenvalue weighted by Gasteiger charge is -2.08. The van der Waals surface area contributed by atoms with Gasteiger partial charge in [0, 0.05) is 12.1 Å². The first-order chi connectivity index (χ1) is 9.90. The molecule has 7 heteroatoms. The van der Waals surface area contributed by atoms with Crippen LogP contribution in [0.25, 0.3) is 0 Å². The summed E-state index contributed by atoms with van der Waals surface area (Å²) in [5, 5.41) is 11.0. The molecule has 0 bridgehead atoms. The summed E-state index contributed by atoms with van der Waals surface area (Å²) in [6.07, 6.45) is -4.44. The van der Waals surface area contributed by atoms with E-state index < -0.39 is 25.3 Å². The van der Waals surface area contributed by atoms with Gasteiger partial charge in [-0.2, -0.15) is 13.2 Å². The number of alkyl halides is 3. The highest BCUT2D eigenvalue weighted by Gasteiger charge is 2.27. The van der Waals surface area contributed by atoms with E-state index in [9.17, 15) is 18.0 Å².